The van der Waals surface area contributed by atoms with Crippen LogP contribution in [0.5, 0.6) is 0 Å². The molecule has 0 aliphatic carbocycles. The molecule has 0 heterocycles. The molecule has 0 radical (unpaired) electrons. The third-order valence-electron chi connectivity index (χ3n) is 13.6. The Kier molecular flexibility index (Phi) is 56.2. The normalized spacial score (nSPS) is 12.2. The second-order valence-corrected chi connectivity index (χ2v) is 20.6. The summed E-state index contributed by atoms with van der Waals surface area (Å²) in [4.78, 5) is 38.0. The number of unbranched alkanes of at least 4 members (excludes halogenated alkanes) is 39. The van der Waals surface area contributed by atoms with Crippen molar-refractivity contribution in [1.82, 2.24) is 0 Å². The van der Waals surface area contributed by atoms with Crippen molar-refractivity contribution >= 4 is 17.9 Å². The summed E-state index contributed by atoms with van der Waals surface area (Å²) < 4.78 is 16.8. The highest BCUT2D eigenvalue weighted by molar-refractivity contribution is 5.71. The lowest BCUT2D eigenvalue weighted by Gasteiger charge is -2.18. The third-order valence-corrected chi connectivity index (χ3v) is 13.6. The van der Waals surface area contributed by atoms with E-state index in [2.05, 4.69) is 57.2 Å². The molecular formula is C63H116O6. The van der Waals surface area contributed by atoms with E-state index in [1.54, 1.807) is 0 Å². The fraction of sp³-hybridized carbons (Fsp3) is 0.857. The molecule has 6 nitrogen and oxygen atoms in total. The van der Waals surface area contributed by atoms with Crippen molar-refractivity contribution in [2.45, 2.75) is 335 Å². The molecule has 0 rings (SSSR count). The number of esters is 3. The Labute approximate surface area is 429 Å². The summed E-state index contributed by atoms with van der Waals surface area (Å²) in [7, 11) is 0. The van der Waals surface area contributed by atoms with E-state index in [1.165, 1.54) is 218 Å². The lowest BCUT2D eigenvalue weighted by atomic mass is 10.0. The van der Waals surface area contributed by atoms with Crippen LogP contribution < -0.4 is 0 Å². The van der Waals surface area contributed by atoms with Crippen LogP contribution in [-0.2, 0) is 28.6 Å². The van der Waals surface area contributed by atoms with Crippen molar-refractivity contribution in [3.63, 3.8) is 0 Å². The lowest BCUT2D eigenvalue weighted by molar-refractivity contribution is -0.167. The van der Waals surface area contributed by atoms with Gasteiger partial charge in [-0.2, -0.15) is 0 Å². The molecule has 0 spiro atoms. The van der Waals surface area contributed by atoms with Gasteiger partial charge < -0.3 is 14.2 Å². The van der Waals surface area contributed by atoms with Gasteiger partial charge in [-0.05, 0) is 77.0 Å². The predicted octanol–water partition coefficient (Wildman–Crippen LogP) is 20.4. The molecule has 0 saturated carbocycles. The maximum atomic E-state index is 12.8. The van der Waals surface area contributed by atoms with Crippen LogP contribution in [0.25, 0.3) is 0 Å². The van der Waals surface area contributed by atoms with Gasteiger partial charge >= 0.3 is 17.9 Å². The van der Waals surface area contributed by atoms with Crippen LogP contribution in [0, 0.1) is 0 Å². The van der Waals surface area contributed by atoms with Crippen molar-refractivity contribution < 1.29 is 28.6 Å². The second-order valence-electron chi connectivity index (χ2n) is 20.6. The van der Waals surface area contributed by atoms with Gasteiger partial charge in [0.25, 0.3) is 0 Å². The number of rotatable bonds is 56. The van der Waals surface area contributed by atoms with Gasteiger partial charge in [-0.15, -0.1) is 0 Å². The van der Waals surface area contributed by atoms with E-state index < -0.39 is 6.10 Å². The highest BCUT2D eigenvalue weighted by Gasteiger charge is 2.19. The SMILES string of the molecule is CCCCCCC/C=C\C/C=C\CCCCCCCCCCCCCCCCCCCC(=O)OCC(COC(=O)CCCCCCCCCC)OC(=O)CCCCCCC/C=C\CCCCCCC. The molecule has 404 valence electrons. The Hall–Kier alpha value is -2.37. The molecule has 0 aromatic carbocycles. The van der Waals surface area contributed by atoms with E-state index in [1.807, 2.05) is 0 Å². The zero-order valence-electron chi connectivity index (χ0n) is 46.3. The predicted molar refractivity (Wildman–Crippen MR) is 298 cm³/mol. The molecule has 0 bridgehead atoms. The summed E-state index contributed by atoms with van der Waals surface area (Å²) in [6.07, 6.45) is 70.3. The third kappa shape index (κ3) is 56.4. The number of allylic oxidation sites excluding steroid dienone is 6. The van der Waals surface area contributed by atoms with Crippen LogP contribution in [0.2, 0.25) is 0 Å². The summed E-state index contributed by atoms with van der Waals surface area (Å²) in [5.74, 6) is -0.868. The Bertz CT molecular complexity index is 1160. The fourth-order valence-electron chi connectivity index (χ4n) is 9.00. The summed E-state index contributed by atoms with van der Waals surface area (Å²) in [6, 6.07) is 0. The minimum atomic E-state index is -0.771. The summed E-state index contributed by atoms with van der Waals surface area (Å²) in [5, 5.41) is 0. The average Bonchev–Trinajstić information content (AvgIpc) is 3.35. The first-order valence-corrected chi connectivity index (χ1v) is 30.5. The molecule has 0 amide bonds. The van der Waals surface area contributed by atoms with Crippen molar-refractivity contribution in [2.24, 2.45) is 0 Å². The second kappa shape index (κ2) is 58.2. The number of hydrogen-bond acceptors (Lipinski definition) is 6. The highest BCUT2D eigenvalue weighted by atomic mass is 16.6. The zero-order chi connectivity index (χ0) is 50.0. The monoisotopic (exact) mass is 969 g/mol. The largest absolute Gasteiger partial charge is 0.462 e. The standard InChI is InChI=1S/C63H116O6/c1-4-7-10-13-16-19-21-23-25-26-27-28-29-30-31-32-33-34-35-36-37-38-39-41-42-44-47-50-53-56-62(65)68-59-60(58-67-61(64)55-52-49-46-18-15-12-9-6-3)69-63(66)57-54-51-48-45-43-40-24-22-20-17-14-11-8-5-2/h21-24,26-27,60H,4-20,25,28-59H2,1-3H3/b23-21-,24-22-,27-26-. The van der Waals surface area contributed by atoms with Gasteiger partial charge in [-0.25, -0.2) is 0 Å². The van der Waals surface area contributed by atoms with Crippen molar-refractivity contribution in [3.8, 4) is 0 Å². The maximum Gasteiger partial charge on any atom is 0.306 e. The molecule has 0 N–H and O–H groups in total. The van der Waals surface area contributed by atoms with Gasteiger partial charge in [-0.1, -0.05) is 269 Å². The summed E-state index contributed by atoms with van der Waals surface area (Å²) in [6.45, 7) is 6.62. The van der Waals surface area contributed by atoms with Crippen LogP contribution in [0.15, 0.2) is 36.5 Å². The lowest BCUT2D eigenvalue weighted by Crippen LogP contribution is -2.30. The highest BCUT2D eigenvalue weighted by Crippen LogP contribution is 2.17. The van der Waals surface area contributed by atoms with Gasteiger partial charge in [0.1, 0.15) is 13.2 Å². The minimum absolute atomic E-state index is 0.0713. The molecular weight excluding hydrogens is 853 g/mol. The molecule has 0 aromatic heterocycles. The smallest absolute Gasteiger partial charge is 0.306 e. The van der Waals surface area contributed by atoms with Crippen molar-refractivity contribution in [3.05, 3.63) is 36.5 Å². The van der Waals surface area contributed by atoms with Crippen LogP contribution in [0.3, 0.4) is 0 Å². The quantitative estimate of drug-likeness (QED) is 0.0261. The molecule has 1 unspecified atom stereocenters. The van der Waals surface area contributed by atoms with Crippen LogP contribution in [0.1, 0.15) is 329 Å². The summed E-state index contributed by atoms with van der Waals surface area (Å²) in [5.41, 5.74) is 0. The Morgan fingerprint density at radius 3 is 0.812 bits per heavy atom. The van der Waals surface area contributed by atoms with E-state index in [0.29, 0.717) is 19.3 Å². The number of hydrogen-bond donors (Lipinski definition) is 0. The molecule has 0 aliphatic heterocycles. The van der Waals surface area contributed by atoms with Gasteiger partial charge in [0.05, 0.1) is 0 Å². The molecule has 0 fully saturated rings. The van der Waals surface area contributed by atoms with Gasteiger partial charge in [0.2, 0.25) is 0 Å². The van der Waals surface area contributed by atoms with Gasteiger partial charge in [0, 0.05) is 19.3 Å². The van der Waals surface area contributed by atoms with Gasteiger partial charge in [0.15, 0.2) is 6.10 Å². The minimum Gasteiger partial charge on any atom is -0.462 e. The van der Waals surface area contributed by atoms with Crippen LogP contribution >= 0.6 is 0 Å². The maximum absolute atomic E-state index is 12.8. The molecule has 0 aliphatic rings. The molecule has 1 atom stereocenters. The summed E-state index contributed by atoms with van der Waals surface area (Å²) >= 11 is 0. The zero-order valence-corrected chi connectivity index (χ0v) is 46.3. The molecule has 0 aromatic rings. The van der Waals surface area contributed by atoms with Crippen molar-refractivity contribution in [2.75, 3.05) is 13.2 Å². The van der Waals surface area contributed by atoms with E-state index in [0.717, 1.165) is 70.6 Å². The van der Waals surface area contributed by atoms with E-state index in [-0.39, 0.29) is 31.1 Å². The van der Waals surface area contributed by atoms with E-state index in [4.69, 9.17) is 14.2 Å². The fourth-order valence-corrected chi connectivity index (χ4v) is 9.00. The molecule has 69 heavy (non-hydrogen) atoms. The molecule has 0 saturated heterocycles. The topological polar surface area (TPSA) is 78.9 Å². The number of ether oxygens (including phenoxy) is 3. The van der Waals surface area contributed by atoms with E-state index in [9.17, 15) is 14.4 Å². The average molecular weight is 970 g/mol. The number of carbonyl (C=O) groups is 3. The Balaban J connectivity index is 4.05. The molecule has 6 heteroatoms. The first kappa shape index (κ1) is 66.6. The van der Waals surface area contributed by atoms with Crippen molar-refractivity contribution in [1.29, 1.82) is 0 Å². The van der Waals surface area contributed by atoms with Crippen LogP contribution in [-0.4, -0.2) is 37.2 Å². The Morgan fingerprint density at radius 2 is 0.522 bits per heavy atom. The van der Waals surface area contributed by atoms with Gasteiger partial charge in [-0.3, -0.25) is 14.4 Å². The van der Waals surface area contributed by atoms with E-state index >= 15 is 0 Å². The first-order chi connectivity index (χ1) is 34.0. The van der Waals surface area contributed by atoms with Crippen LogP contribution in [0.4, 0.5) is 0 Å². The first-order valence-electron chi connectivity index (χ1n) is 30.5. The Morgan fingerprint density at radius 1 is 0.290 bits per heavy atom. The number of carbonyl (C=O) groups excluding carboxylic acids is 3.